The first-order valence-electron chi connectivity index (χ1n) is 5.19. The molecular formula is C12H12ClN3O. The van der Waals surface area contributed by atoms with Crippen LogP contribution in [0.5, 0.6) is 0 Å². The molecule has 2 aromatic rings. The molecule has 0 bridgehead atoms. The van der Waals surface area contributed by atoms with Crippen LogP contribution in [-0.4, -0.2) is 16.1 Å². The number of rotatable bonds is 3. The third kappa shape index (κ3) is 2.65. The van der Waals surface area contributed by atoms with Crippen LogP contribution in [0.2, 0.25) is 5.02 Å². The summed E-state index contributed by atoms with van der Waals surface area (Å²) in [5.74, 6) is -0.181. The first-order chi connectivity index (χ1) is 8.18. The second kappa shape index (κ2) is 5.01. The molecule has 0 fully saturated rings. The van der Waals surface area contributed by atoms with Gasteiger partial charge in [-0.1, -0.05) is 23.7 Å². The summed E-state index contributed by atoms with van der Waals surface area (Å²) in [5, 5.41) is 9.77. The van der Waals surface area contributed by atoms with Crippen LogP contribution in [0.4, 0.5) is 0 Å². The van der Waals surface area contributed by atoms with Gasteiger partial charge in [-0.05, 0) is 18.6 Å². The number of nitrogens with one attached hydrogen (secondary N) is 2. The molecule has 0 aliphatic heterocycles. The fourth-order valence-electron chi connectivity index (χ4n) is 1.47. The van der Waals surface area contributed by atoms with E-state index in [1.54, 1.807) is 18.5 Å². The van der Waals surface area contributed by atoms with Gasteiger partial charge in [-0.3, -0.25) is 9.89 Å². The highest BCUT2D eigenvalue weighted by molar-refractivity contribution is 6.34. The van der Waals surface area contributed by atoms with Crippen molar-refractivity contribution in [1.82, 2.24) is 15.5 Å². The van der Waals surface area contributed by atoms with Crippen molar-refractivity contribution in [2.45, 2.75) is 13.5 Å². The van der Waals surface area contributed by atoms with Gasteiger partial charge in [0.25, 0.3) is 5.91 Å². The number of hydrogen-bond acceptors (Lipinski definition) is 2. The molecule has 0 radical (unpaired) electrons. The maximum atomic E-state index is 11.9. The summed E-state index contributed by atoms with van der Waals surface area (Å²) in [6, 6.07) is 5.39. The Morgan fingerprint density at radius 1 is 1.53 bits per heavy atom. The van der Waals surface area contributed by atoms with E-state index < -0.39 is 0 Å². The van der Waals surface area contributed by atoms with Gasteiger partial charge in [-0.25, -0.2) is 0 Å². The molecule has 1 aromatic heterocycles. The lowest BCUT2D eigenvalue weighted by molar-refractivity contribution is 0.0951. The topological polar surface area (TPSA) is 57.8 Å². The summed E-state index contributed by atoms with van der Waals surface area (Å²) in [4.78, 5) is 11.9. The van der Waals surface area contributed by atoms with Crippen molar-refractivity contribution >= 4 is 17.5 Å². The van der Waals surface area contributed by atoms with E-state index in [-0.39, 0.29) is 5.91 Å². The zero-order valence-corrected chi connectivity index (χ0v) is 10.1. The number of benzene rings is 1. The van der Waals surface area contributed by atoms with Crippen LogP contribution in [0, 0.1) is 6.92 Å². The van der Waals surface area contributed by atoms with Crippen molar-refractivity contribution in [1.29, 1.82) is 0 Å². The van der Waals surface area contributed by atoms with Crippen LogP contribution in [-0.2, 0) is 6.54 Å². The van der Waals surface area contributed by atoms with E-state index in [0.717, 1.165) is 11.1 Å². The van der Waals surface area contributed by atoms with Gasteiger partial charge >= 0.3 is 0 Å². The molecule has 4 nitrogen and oxygen atoms in total. The van der Waals surface area contributed by atoms with E-state index in [1.807, 2.05) is 19.1 Å². The lowest BCUT2D eigenvalue weighted by atomic mass is 10.1. The largest absolute Gasteiger partial charge is 0.348 e. The van der Waals surface area contributed by atoms with Gasteiger partial charge in [-0.15, -0.1) is 0 Å². The number of aryl methyl sites for hydroxylation is 1. The van der Waals surface area contributed by atoms with E-state index in [9.17, 15) is 4.79 Å². The molecule has 1 amide bonds. The Kier molecular flexibility index (Phi) is 3.44. The first kappa shape index (κ1) is 11.7. The number of aromatic amines is 1. The van der Waals surface area contributed by atoms with E-state index >= 15 is 0 Å². The van der Waals surface area contributed by atoms with Gasteiger partial charge in [0.1, 0.15) is 0 Å². The normalized spacial score (nSPS) is 10.2. The van der Waals surface area contributed by atoms with Gasteiger partial charge in [0.05, 0.1) is 16.8 Å². The number of carbonyl (C=O) groups is 1. The summed E-state index contributed by atoms with van der Waals surface area (Å²) in [7, 11) is 0. The smallest absolute Gasteiger partial charge is 0.253 e. The minimum atomic E-state index is -0.181. The van der Waals surface area contributed by atoms with E-state index in [0.29, 0.717) is 17.1 Å². The second-order valence-electron chi connectivity index (χ2n) is 3.73. The van der Waals surface area contributed by atoms with Crippen molar-refractivity contribution in [2.24, 2.45) is 0 Å². The molecule has 5 heteroatoms. The van der Waals surface area contributed by atoms with Crippen LogP contribution in [0.15, 0.2) is 30.6 Å². The molecule has 1 aromatic carbocycles. The van der Waals surface area contributed by atoms with Gasteiger partial charge in [0.15, 0.2) is 0 Å². The standard InChI is InChI=1S/C12H12ClN3O/c1-8-3-2-4-10(11(8)13)12(17)14-5-9-6-15-16-7-9/h2-4,6-7H,5H2,1H3,(H,14,17)(H,15,16). The molecule has 17 heavy (non-hydrogen) atoms. The molecule has 2 N–H and O–H groups in total. The number of hydrogen-bond donors (Lipinski definition) is 2. The van der Waals surface area contributed by atoms with Gasteiger partial charge in [0.2, 0.25) is 0 Å². The lowest BCUT2D eigenvalue weighted by Crippen LogP contribution is -2.23. The summed E-state index contributed by atoms with van der Waals surface area (Å²) < 4.78 is 0. The van der Waals surface area contributed by atoms with E-state index in [2.05, 4.69) is 15.5 Å². The van der Waals surface area contributed by atoms with E-state index in [4.69, 9.17) is 11.6 Å². The Hall–Kier alpha value is -1.81. The maximum absolute atomic E-state index is 11.9. The zero-order valence-electron chi connectivity index (χ0n) is 9.33. The first-order valence-corrected chi connectivity index (χ1v) is 5.57. The third-order valence-electron chi connectivity index (χ3n) is 2.44. The number of nitrogens with zero attached hydrogens (tertiary/aromatic N) is 1. The molecule has 0 saturated heterocycles. The van der Waals surface area contributed by atoms with Crippen LogP contribution >= 0.6 is 11.6 Å². The van der Waals surface area contributed by atoms with Crippen molar-refractivity contribution in [3.05, 3.63) is 52.3 Å². The van der Waals surface area contributed by atoms with Crippen LogP contribution < -0.4 is 5.32 Å². The minimum Gasteiger partial charge on any atom is -0.348 e. The highest BCUT2D eigenvalue weighted by Crippen LogP contribution is 2.20. The number of H-pyrrole nitrogens is 1. The summed E-state index contributed by atoms with van der Waals surface area (Å²) in [6.45, 7) is 2.30. The number of aromatic nitrogens is 2. The molecule has 0 unspecified atom stereocenters. The number of carbonyl (C=O) groups excluding carboxylic acids is 1. The minimum absolute atomic E-state index is 0.181. The number of amides is 1. The monoisotopic (exact) mass is 249 g/mol. The fourth-order valence-corrected chi connectivity index (χ4v) is 1.69. The lowest BCUT2D eigenvalue weighted by Gasteiger charge is -2.07. The average molecular weight is 250 g/mol. The molecular weight excluding hydrogens is 238 g/mol. The van der Waals surface area contributed by atoms with Gasteiger partial charge in [0, 0.05) is 18.3 Å². The van der Waals surface area contributed by atoms with Crippen LogP contribution in [0.25, 0.3) is 0 Å². The molecule has 88 valence electrons. The molecule has 0 aliphatic rings. The quantitative estimate of drug-likeness (QED) is 0.877. The Balaban J connectivity index is 2.07. The van der Waals surface area contributed by atoms with Gasteiger partial charge < -0.3 is 5.32 Å². The van der Waals surface area contributed by atoms with Crippen LogP contribution in [0.1, 0.15) is 21.5 Å². The van der Waals surface area contributed by atoms with Crippen molar-refractivity contribution in [3.8, 4) is 0 Å². The molecule has 0 saturated carbocycles. The van der Waals surface area contributed by atoms with Crippen molar-refractivity contribution in [2.75, 3.05) is 0 Å². The Morgan fingerprint density at radius 2 is 2.35 bits per heavy atom. The summed E-state index contributed by atoms with van der Waals surface area (Å²) in [6.07, 6.45) is 3.40. The zero-order chi connectivity index (χ0) is 12.3. The fraction of sp³-hybridized carbons (Fsp3) is 0.167. The van der Waals surface area contributed by atoms with Crippen LogP contribution in [0.3, 0.4) is 0 Å². The maximum Gasteiger partial charge on any atom is 0.253 e. The van der Waals surface area contributed by atoms with Crippen molar-refractivity contribution < 1.29 is 4.79 Å². The Labute approximate surface area is 104 Å². The summed E-state index contributed by atoms with van der Waals surface area (Å²) in [5.41, 5.74) is 2.31. The Bertz CT molecular complexity index is 523. The molecule has 2 rings (SSSR count). The second-order valence-corrected chi connectivity index (χ2v) is 4.10. The van der Waals surface area contributed by atoms with E-state index in [1.165, 1.54) is 0 Å². The molecule has 0 atom stereocenters. The molecule has 0 aliphatic carbocycles. The van der Waals surface area contributed by atoms with Gasteiger partial charge in [-0.2, -0.15) is 5.10 Å². The summed E-state index contributed by atoms with van der Waals surface area (Å²) >= 11 is 6.07. The molecule has 1 heterocycles. The van der Waals surface area contributed by atoms with Crippen molar-refractivity contribution in [3.63, 3.8) is 0 Å². The highest BCUT2D eigenvalue weighted by Gasteiger charge is 2.11. The SMILES string of the molecule is Cc1cccc(C(=O)NCc2cn[nH]c2)c1Cl. The molecule has 0 spiro atoms. The predicted molar refractivity (Wildman–Crippen MR) is 65.9 cm³/mol. The highest BCUT2D eigenvalue weighted by atomic mass is 35.5. The Morgan fingerprint density at radius 3 is 3.06 bits per heavy atom. The average Bonchev–Trinajstić information content (AvgIpc) is 2.82. The third-order valence-corrected chi connectivity index (χ3v) is 2.95. The predicted octanol–water partition coefficient (Wildman–Crippen LogP) is 2.30. The number of halogens is 1.